The van der Waals surface area contributed by atoms with Crippen LogP contribution in [-0.4, -0.2) is 17.0 Å². The van der Waals surface area contributed by atoms with Gasteiger partial charge in [-0.15, -0.1) is 0 Å². The van der Waals surface area contributed by atoms with Crippen LogP contribution < -0.4 is 10.6 Å². The predicted octanol–water partition coefficient (Wildman–Crippen LogP) is 2.98. The number of nitriles is 1. The molecular formula is C17H12FN3O3. The number of anilines is 2. The van der Waals surface area contributed by atoms with Crippen molar-refractivity contribution in [3.05, 3.63) is 71.7 Å². The van der Waals surface area contributed by atoms with E-state index in [2.05, 4.69) is 10.6 Å². The van der Waals surface area contributed by atoms with Crippen molar-refractivity contribution in [2.75, 3.05) is 10.6 Å². The third-order valence-corrected chi connectivity index (χ3v) is 2.98. The van der Waals surface area contributed by atoms with Gasteiger partial charge >= 0.3 is 5.97 Å². The molecule has 24 heavy (non-hydrogen) atoms. The molecule has 1 amide bonds. The van der Waals surface area contributed by atoms with Gasteiger partial charge in [-0.2, -0.15) is 5.26 Å². The average Bonchev–Trinajstić information content (AvgIpc) is 2.57. The average molecular weight is 325 g/mol. The molecule has 0 aliphatic carbocycles. The molecule has 0 radical (unpaired) electrons. The number of nitrogens with zero attached hydrogens (tertiary/aromatic N) is 1. The topological polar surface area (TPSA) is 102 Å². The number of amides is 1. The second kappa shape index (κ2) is 7.56. The van der Waals surface area contributed by atoms with Gasteiger partial charge in [-0.25, -0.2) is 9.18 Å². The third kappa shape index (κ3) is 4.42. The van der Waals surface area contributed by atoms with E-state index in [1.165, 1.54) is 54.7 Å². The molecule has 2 rings (SSSR count). The number of halogens is 1. The fourth-order valence-electron chi connectivity index (χ4n) is 1.74. The van der Waals surface area contributed by atoms with Crippen LogP contribution in [0.25, 0.3) is 0 Å². The monoisotopic (exact) mass is 325 g/mol. The van der Waals surface area contributed by atoms with Gasteiger partial charge in [-0.3, -0.25) is 4.79 Å². The fourth-order valence-corrected chi connectivity index (χ4v) is 1.74. The van der Waals surface area contributed by atoms with Gasteiger partial charge in [0.05, 0.1) is 5.56 Å². The highest BCUT2D eigenvalue weighted by Gasteiger charge is 2.10. The molecule has 7 heteroatoms. The zero-order valence-corrected chi connectivity index (χ0v) is 12.3. The minimum Gasteiger partial charge on any atom is -0.478 e. The Balaban J connectivity index is 2.05. The Morgan fingerprint density at radius 3 is 2.17 bits per heavy atom. The van der Waals surface area contributed by atoms with Gasteiger partial charge in [0, 0.05) is 17.6 Å². The number of aromatic carboxylic acids is 1. The number of carboxylic acids is 1. The summed E-state index contributed by atoms with van der Waals surface area (Å²) in [5.41, 5.74) is 0.763. The molecule has 3 N–H and O–H groups in total. The van der Waals surface area contributed by atoms with Crippen molar-refractivity contribution in [1.82, 2.24) is 0 Å². The van der Waals surface area contributed by atoms with E-state index in [4.69, 9.17) is 10.4 Å². The Labute approximate surface area is 136 Å². The van der Waals surface area contributed by atoms with Crippen LogP contribution >= 0.6 is 0 Å². The molecule has 0 fully saturated rings. The molecule has 0 unspecified atom stereocenters. The molecule has 0 aliphatic heterocycles. The molecule has 0 saturated carbocycles. The van der Waals surface area contributed by atoms with Crippen molar-refractivity contribution in [1.29, 1.82) is 5.26 Å². The van der Waals surface area contributed by atoms with Crippen LogP contribution in [0.2, 0.25) is 0 Å². The lowest BCUT2D eigenvalue weighted by molar-refractivity contribution is -0.112. The normalized spacial score (nSPS) is 10.6. The van der Waals surface area contributed by atoms with E-state index in [1.54, 1.807) is 6.07 Å². The second-order valence-electron chi connectivity index (χ2n) is 4.66. The molecule has 120 valence electrons. The summed E-state index contributed by atoms with van der Waals surface area (Å²) in [5, 5.41) is 23.1. The zero-order valence-electron chi connectivity index (χ0n) is 12.3. The summed E-state index contributed by atoms with van der Waals surface area (Å²) >= 11 is 0. The number of carboxylic acid groups (broad SMARTS) is 1. The summed E-state index contributed by atoms with van der Waals surface area (Å²) in [7, 11) is 0. The Bertz CT molecular complexity index is 822. The van der Waals surface area contributed by atoms with Crippen molar-refractivity contribution in [3.63, 3.8) is 0 Å². The van der Waals surface area contributed by atoms with Crippen molar-refractivity contribution >= 4 is 23.3 Å². The summed E-state index contributed by atoms with van der Waals surface area (Å²) in [6, 6.07) is 12.7. The summed E-state index contributed by atoms with van der Waals surface area (Å²) in [4.78, 5) is 22.8. The molecule has 0 bridgehead atoms. The van der Waals surface area contributed by atoms with E-state index in [1.807, 2.05) is 0 Å². The lowest BCUT2D eigenvalue weighted by Gasteiger charge is -2.05. The summed E-state index contributed by atoms with van der Waals surface area (Å²) < 4.78 is 12.8. The van der Waals surface area contributed by atoms with Gasteiger partial charge in [0.25, 0.3) is 5.91 Å². The Hall–Kier alpha value is -3.66. The van der Waals surface area contributed by atoms with E-state index < -0.39 is 17.7 Å². The number of benzene rings is 2. The molecule has 2 aromatic rings. The van der Waals surface area contributed by atoms with Gasteiger partial charge in [0.15, 0.2) is 0 Å². The Morgan fingerprint density at radius 2 is 1.62 bits per heavy atom. The number of hydrogen-bond donors (Lipinski definition) is 3. The van der Waals surface area contributed by atoms with Crippen molar-refractivity contribution in [2.24, 2.45) is 0 Å². The smallest absolute Gasteiger partial charge is 0.335 e. The van der Waals surface area contributed by atoms with Gasteiger partial charge in [0.2, 0.25) is 0 Å². The first kappa shape index (κ1) is 16.7. The Kier molecular flexibility index (Phi) is 5.26. The highest BCUT2D eigenvalue weighted by Crippen LogP contribution is 2.12. The van der Waals surface area contributed by atoms with Gasteiger partial charge < -0.3 is 15.7 Å². The standard InChI is InChI=1S/C17H12FN3O3/c18-13-3-7-14(8-4-13)20-10-12(9-19)16(22)21-15-5-1-11(2-6-15)17(23)24/h1-8,10,20H,(H,21,22)(H,23,24)/b12-10-. The molecule has 0 aliphatic rings. The van der Waals surface area contributed by atoms with Gasteiger partial charge in [0.1, 0.15) is 17.5 Å². The van der Waals surface area contributed by atoms with Crippen LogP contribution in [0.1, 0.15) is 10.4 Å². The van der Waals surface area contributed by atoms with Crippen molar-refractivity contribution in [2.45, 2.75) is 0 Å². The minimum absolute atomic E-state index is 0.0852. The van der Waals surface area contributed by atoms with Crippen LogP contribution in [0.4, 0.5) is 15.8 Å². The van der Waals surface area contributed by atoms with Gasteiger partial charge in [-0.1, -0.05) is 0 Å². The summed E-state index contributed by atoms with van der Waals surface area (Å²) in [5.74, 6) is -2.13. The van der Waals surface area contributed by atoms with Crippen LogP contribution in [0.5, 0.6) is 0 Å². The van der Waals surface area contributed by atoms with E-state index in [-0.39, 0.29) is 11.1 Å². The number of hydrogen-bond acceptors (Lipinski definition) is 4. The first-order valence-electron chi connectivity index (χ1n) is 6.76. The second-order valence-corrected chi connectivity index (χ2v) is 4.66. The Morgan fingerprint density at radius 1 is 1.04 bits per heavy atom. The number of nitrogens with one attached hydrogen (secondary N) is 2. The predicted molar refractivity (Wildman–Crippen MR) is 85.7 cm³/mol. The summed E-state index contributed by atoms with van der Waals surface area (Å²) in [6.07, 6.45) is 1.20. The number of rotatable bonds is 5. The molecule has 2 aromatic carbocycles. The lowest BCUT2D eigenvalue weighted by Crippen LogP contribution is -2.14. The molecule has 0 spiro atoms. The van der Waals surface area contributed by atoms with E-state index in [9.17, 15) is 14.0 Å². The van der Waals surface area contributed by atoms with E-state index in [0.29, 0.717) is 11.4 Å². The fraction of sp³-hybridized carbons (Fsp3) is 0. The van der Waals surface area contributed by atoms with Crippen LogP contribution in [0, 0.1) is 17.1 Å². The largest absolute Gasteiger partial charge is 0.478 e. The SMILES string of the molecule is N#C/C(=C/Nc1ccc(F)cc1)C(=O)Nc1ccc(C(=O)O)cc1. The quantitative estimate of drug-likeness (QED) is 0.579. The van der Waals surface area contributed by atoms with Crippen molar-refractivity contribution < 1.29 is 19.1 Å². The maximum atomic E-state index is 12.8. The third-order valence-electron chi connectivity index (χ3n) is 2.98. The first-order chi connectivity index (χ1) is 11.5. The van der Waals surface area contributed by atoms with Crippen LogP contribution in [0.3, 0.4) is 0 Å². The maximum Gasteiger partial charge on any atom is 0.335 e. The highest BCUT2D eigenvalue weighted by atomic mass is 19.1. The van der Waals surface area contributed by atoms with E-state index in [0.717, 1.165) is 0 Å². The van der Waals surface area contributed by atoms with Crippen LogP contribution in [-0.2, 0) is 4.79 Å². The van der Waals surface area contributed by atoms with Gasteiger partial charge in [-0.05, 0) is 48.5 Å². The first-order valence-corrected chi connectivity index (χ1v) is 6.76. The molecule has 6 nitrogen and oxygen atoms in total. The van der Waals surface area contributed by atoms with Crippen LogP contribution in [0.15, 0.2) is 60.3 Å². The molecule has 0 saturated heterocycles. The maximum absolute atomic E-state index is 12.8. The molecule has 0 atom stereocenters. The number of carbonyl (C=O) groups is 2. The molecule has 0 heterocycles. The van der Waals surface area contributed by atoms with E-state index >= 15 is 0 Å². The summed E-state index contributed by atoms with van der Waals surface area (Å²) in [6.45, 7) is 0. The molecule has 0 aromatic heterocycles. The van der Waals surface area contributed by atoms with Crippen molar-refractivity contribution in [3.8, 4) is 6.07 Å². The molecular weight excluding hydrogens is 313 g/mol. The highest BCUT2D eigenvalue weighted by molar-refractivity contribution is 6.06. The lowest BCUT2D eigenvalue weighted by atomic mass is 10.2. The zero-order chi connectivity index (χ0) is 17.5. The number of carbonyl (C=O) groups excluding carboxylic acids is 1. The minimum atomic E-state index is -1.08.